The molecule has 0 aliphatic rings. The molecule has 0 spiro atoms. The molecule has 2 heterocycles. The Kier molecular flexibility index (Phi) is 5.57. The summed E-state index contributed by atoms with van der Waals surface area (Å²) in [5, 5.41) is 9.71. The van der Waals surface area contributed by atoms with Crippen LogP contribution in [-0.4, -0.2) is 15.3 Å². The van der Waals surface area contributed by atoms with Gasteiger partial charge in [-0.25, -0.2) is 4.39 Å². The summed E-state index contributed by atoms with van der Waals surface area (Å²) >= 11 is 0.969. The number of ketones is 1. The van der Waals surface area contributed by atoms with E-state index >= 15 is 0 Å². The maximum absolute atomic E-state index is 14.5. The van der Waals surface area contributed by atoms with Gasteiger partial charge in [0.2, 0.25) is 0 Å². The summed E-state index contributed by atoms with van der Waals surface area (Å²) in [5.74, 6) is -1.05. The van der Waals surface area contributed by atoms with Gasteiger partial charge >= 0.3 is 0 Å². The van der Waals surface area contributed by atoms with E-state index in [0.717, 1.165) is 15.9 Å². The van der Waals surface area contributed by atoms with Crippen LogP contribution in [0, 0.1) is 22.6 Å². The van der Waals surface area contributed by atoms with Crippen molar-refractivity contribution in [3.05, 3.63) is 79.7 Å². The third kappa shape index (κ3) is 4.08. The summed E-state index contributed by atoms with van der Waals surface area (Å²) < 4.78 is 16.0. The average molecular weight is 407 g/mol. The molecule has 0 aliphatic heterocycles. The van der Waals surface area contributed by atoms with E-state index in [-0.39, 0.29) is 20.5 Å². The van der Waals surface area contributed by atoms with Crippen molar-refractivity contribution in [3.63, 3.8) is 0 Å². The Bertz CT molecular complexity index is 1290. The van der Waals surface area contributed by atoms with Crippen molar-refractivity contribution < 1.29 is 9.18 Å². The number of thiazole rings is 1. The number of para-hydroxylation sites is 1. The van der Waals surface area contributed by atoms with Gasteiger partial charge in [0.15, 0.2) is 5.78 Å². The van der Waals surface area contributed by atoms with E-state index in [0.29, 0.717) is 5.69 Å². The van der Waals surface area contributed by atoms with Crippen LogP contribution in [0.15, 0.2) is 53.5 Å². The highest BCUT2D eigenvalue weighted by Crippen LogP contribution is 2.20. The smallest absolute Gasteiger partial charge is 0.273 e. The zero-order valence-corrected chi connectivity index (χ0v) is 17.0. The van der Waals surface area contributed by atoms with Gasteiger partial charge in [-0.15, -0.1) is 11.3 Å². The van der Waals surface area contributed by atoms with Crippen molar-refractivity contribution in [1.29, 1.82) is 5.26 Å². The molecule has 0 radical (unpaired) electrons. The van der Waals surface area contributed by atoms with Crippen LogP contribution in [0.3, 0.4) is 0 Å². The van der Waals surface area contributed by atoms with Crippen LogP contribution in [0.2, 0.25) is 0 Å². The second-order valence-corrected chi connectivity index (χ2v) is 8.36. The molecule has 0 fully saturated rings. The number of carbonyl (C=O) groups is 1. The highest BCUT2D eigenvalue weighted by atomic mass is 32.1. The fourth-order valence-corrected chi connectivity index (χ4v) is 3.75. The Labute approximate surface area is 170 Å². The number of halogens is 1. The third-order valence-electron chi connectivity index (χ3n) is 4.12. The summed E-state index contributed by atoms with van der Waals surface area (Å²) in [6.45, 7) is 5.06. The summed E-state index contributed by atoms with van der Waals surface area (Å²) in [7, 11) is 0. The zero-order chi connectivity index (χ0) is 21.2. The van der Waals surface area contributed by atoms with Crippen molar-refractivity contribution in [1.82, 2.24) is 9.55 Å². The molecule has 0 amide bonds. The number of pyridine rings is 1. The lowest BCUT2D eigenvalue weighted by Gasteiger charge is -2.15. The Morgan fingerprint density at radius 3 is 2.48 bits per heavy atom. The number of nitriles is 1. The standard InChI is InChI=1S/C22H18FN3O2S/c1-22(2,3)19(27)15(13-24)21-26(17-10-5-4-9-16(17)23)20(28)18(29-21)12-14-8-6-7-11-25-14/h4-12H,1-3H3. The van der Waals surface area contributed by atoms with Crippen LogP contribution in [0.5, 0.6) is 0 Å². The molecule has 146 valence electrons. The summed E-state index contributed by atoms with van der Waals surface area (Å²) in [6.07, 6.45) is 3.15. The molecule has 5 nitrogen and oxygen atoms in total. The van der Waals surface area contributed by atoms with Gasteiger partial charge in [0.05, 0.1) is 15.9 Å². The molecule has 2 aromatic heterocycles. The molecule has 7 heteroatoms. The minimum absolute atomic E-state index is 0.0149. The van der Waals surface area contributed by atoms with E-state index in [1.807, 2.05) is 6.07 Å². The summed E-state index contributed by atoms with van der Waals surface area (Å²) in [4.78, 5) is 30.2. The quantitative estimate of drug-likeness (QED) is 0.669. The van der Waals surface area contributed by atoms with E-state index in [1.54, 1.807) is 57.3 Å². The number of aromatic nitrogens is 2. The molecule has 0 saturated heterocycles. The number of Topliss-reactive ketones (excluding diaryl/α,β-unsaturated/α-hetero) is 1. The van der Waals surface area contributed by atoms with Crippen LogP contribution >= 0.6 is 11.3 Å². The third-order valence-corrected chi connectivity index (χ3v) is 5.21. The molecular weight excluding hydrogens is 389 g/mol. The van der Waals surface area contributed by atoms with Gasteiger partial charge in [-0.3, -0.25) is 19.1 Å². The predicted octanol–water partition coefficient (Wildman–Crippen LogP) is 2.55. The minimum atomic E-state index is -0.837. The van der Waals surface area contributed by atoms with Crippen LogP contribution in [0.4, 0.5) is 4.39 Å². The Balaban J connectivity index is 2.48. The average Bonchev–Trinajstić information content (AvgIpc) is 2.99. The van der Waals surface area contributed by atoms with Gasteiger partial charge < -0.3 is 0 Å². The Morgan fingerprint density at radius 2 is 1.90 bits per heavy atom. The van der Waals surface area contributed by atoms with Crippen molar-refractivity contribution in [2.24, 2.45) is 5.41 Å². The van der Waals surface area contributed by atoms with E-state index in [1.165, 1.54) is 18.2 Å². The van der Waals surface area contributed by atoms with E-state index in [2.05, 4.69) is 4.98 Å². The lowest BCUT2D eigenvalue weighted by atomic mass is 9.87. The monoisotopic (exact) mass is 407 g/mol. The van der Waals surface area contributed by atoms with Crippen LogP contribution in [0.25, 0.3) is 17.3 Å². The lowest BCUT2D eigenvalue weighted by molar-refractivity contribution is -0.120. The van der Waals surface area contributed by atoms with Crippen LogP contribution in [-0.2, 0) is 4.79 Å². The van der Waals surface area contributed by atoms with E-state index in [4.69, 9.17) is 0 Å². The minimum Gasteiger partial charge on any atom is -0.293 e. The van der Waals surface area contributed by atoms with E-state index in [9.17, 15) is 19.2 Å². The number of nitrogens with zero attached hydrogens (tertiary/aromatic N) is 3. The van der Waals surface area contributed by atoms with Crippen molar-refractivity contribution in [2.45, 2.75) is 20.8 Å². The topological polar surface area (TPSA) is 75.8 Å². The molecule has 0 bridgehead atoms. The molecule has 0 atom stereocenters. The van der Waals surface area contributed by atoms with Gasteiger partial charge in [-0.05, 0) is 30.3 Å². The summed E-state index contributed by atoms with van der Waals surface area (Å²) in [6, 6.07) is 12.9. The van der Waals surface area contributed by atoms with Crippen LogP contribution in [0.1, 0.15) is 26.5 Å². The van der Waals surface area contributed by atoms with Crippen molar-refractivity contribution in [3.8, 4) is 11.8 Å². The molecule has 1 aromatic carbocycles. The largest absolute Gasteiger partial charge is 0.293 e. The van der Waals surface area contributed by atoms with Crippen LogP contribution < -0.4 is 14.8 Å². The lowest BCUT2D eigenvalue weighted by Crippen LogP contribution is -2.33. The SMILES string of the molecule is CC(C)(C)C(=O)C(C#N)=c1sc(=Cc2ccccn2)c(=O)n1-c1ccccc1F. The van der Waals surface area contributed by atoms with E-state index < -0.39 is 22.6 Å². The fourth-order valence-electron chi connectivity index (χ4n) is 2.67. The normalized spacial score (nSPS) is 13.1. The van der Waals surface area contributed by atoms with Gasteiger partial charge in [-0.1, -0.05) is 39.0 Å². The zero-order valence-electron chi connectivity index (χ0n) is 16.1. The molecule has 0 aliphatic carbocycles. The second kappa shape index (κ2) is 7.94. The molecule has 0 unspecified atom stereocenters. The first-order chi connectivity index (χ1) is 13.7. The molecule has 0 saturated carbocycles. The molecular formula is C22H18FN3O2S. The second-order valence-electron chi connectivity index (χ2n) is 7.33. The highest BCUT2D eigenvalue weighted by molar-refractivity contribution is 7.07. The van der Waals surface area contributed by atoms with Gasteiger partial charge in [0, 0.05) is 11.6 Å². The maximum atomic E-state index is 14.5. The Hall–Kier alpha value is -3.37. The number of benzene rings is 1. The number of rotatable bonds is 3. The number of hydrogen-bond acceptors (Lipinski definition) is 5. The van der Waals surface area contributed by atoms with Crippen molar-refractivity contribution >= 4 is 28.8 Å². The van der Waals surface area contributed by atoms with Crippen molar-refractivity contribution in [2.75, 3.05) is 0 Å². The molecule has 0 N–H and O–H groups in total. The van der Waals surface area contributed by atoms with Gasteiger partial charge in [-0.2, -0.15) is 5.26 Å². The fraction of sp³-hybridized carbons (Fsp3) is 0.182. The Morgan fingerprint density at radius 1 is 1.21 bits per heavy atom. The molecule has 29 heavy (non-hydrogen) atoms. The highest BCUT2D eigenvalue weighted by Gasteiger charge is 2.28. The first-order valence-electron chi connectivity index (χ1n) is 8.83. The van der Waals surface area contributed by atoms with Gasteiger partial charge in [0.25, 0.3) is 5.56 Å². The van der Waals surface area contributed by atoms with Gasteiger partial charge in [0.1, 0.15) is 22.1 Å². The number of hydrogen-bond donors (Lipinski definition) is 0. The number of carbonyl (C=O) groups excluding carboxylic acids is 1. The first-order valence-corrected chi connectivity index (χ1v) is 9.64. The predicted molar refractivity (Wildman–Crippen MR) is 110 cm³/mol. The molecule has 3 rings (SSSR count). The molecule has 3 aromatic rings. The first kappa shape index (κ1) is 20.4. The summed E-state index contributed by atoms with van der Waals surface area (Å²) in [5.41, 5.74) is -1.01. The maximum Gasteiger partial charge on any atom is 0.273 e.